The van der Waals surface area contributed by atoms with Crippen molar-refractivity contribution in [3.63, 3.8) is 0 Å². The van der Waals surface area contributed by atoms with Gasteiger partial charge < -0.3 is 0 Å². The van der Waals surface area contributed by atoms with Crippen LogP contribution in [-0.2, 0) is 0 Å². The number of carbonyl (C=O) groups excluding carboxylic acids is 1. The number of amides is 1. The summed E-state index contributed by atoms with van der Waals surface area (Å²) in [4.78, 5) is 17.1. The van der Waals surface area contributed by atoms with Crippen LogP contribution in [0.3, 0.4) is 0 Å². The molecule has 1 aliphatic rings. The number of thiazole rings is 1. The standard InChI is InChI=1S/C14H12ClFN3OSSe/c15-8-3-7(4-9(16)5-8)13-18-6-11(21-13)12(20)19-10-1-2-17-14(10)22/h3-6,10,14,17H,1-2H2,(H,19,20)/t10-,14-/m0/s1. The third kappa shape index (κ3) is 3.50. The van der Waals surface area contributed by atoms with Crippen LogP contribution in [0.1, 0.15) is 16.1 Å². The van der Waals surface area contributed by atoms with Crippen LogP contribution in [-0.4, -0.2) is 44.4 Å². The molecule has 1 aromatic heterocycles. The van der Waals surface area contributed by atoms with Gasteiger partial charge in [0.15, 0.2) is 0 Å². The van der Waals surface area contributed by atoms with Crippen molar-refractivity contribution in [2.24, 2.45) is 0 Å². The second kappa shape index (κ2) is 6.64. The summed E-state index contributed by atoms with van der Waals surface area (Å²) in [7, 11) is 0. The van der Waals surface area contributed by atoms with Crippen molar-refractivity contribution < 1.29 is 9.18 Å². The number of hydrogen-bond acceptors (Lipinski definition) is 4. The SMILES string of the molecule is O=C(N[C@H]1CCN[C@H]1[Se])c1cnc(-c2cc(F)cc(Cl)c2)s1. The molecule has 2 atom stereocenters. The molecule has 1 amide bonds. The van der Waals surface area contributed by atoms with Crippen LogP contribution in [0.4, 0.5) is 4.39 Å². The van der Waals surface area contributed by atoms with E-state index >= 15 is 0 Å². The molecule has 0 spiro atoms. The quantitative estimate of drug-likeness (QED) is 0.773. The van der Waals surface area contributed by atoms with Gasteiger partial charge in [-0.05, 0) is 0 Å². The first-order valence-corrected chi connectivity index (χ1v) is 8.83. The molecule has 1 aliphatic heterocycles. The molecule has 22 heavy (non-hydrogen) atoms. The molecule has 2 heterocycles. The zero-order valence-electron chi connectivity index (χ0n) is 11.3. The predicted molar refractivity (Wildman–Crippen MR) is 85.9 cm³/mol. The molecule has 1 saturated heterocycles. The molecule has 2 N–H and O–H groups in total. The summed E-state index contributed by atoms with van der Waals surface area (Å²) in [6.07, 6.45) is 2.39. The number of rotatable bonds is 3. The molecular formula is C14H12ClFN3OSSe. The Morgan fingerprint density at radius 2 is 2.32 bits per heavy atom. The van der Waals surface area contributed by atoms with Crippen molar-refractivity contribution in [1.82, 2.24) is 15.6 Å². The zero-order valence-corrected chi connectivity index (χ0v) is 14.6. The Morgan fingerprint density at radius 3 is 3.00 bits per heavy atom. The van der Waals surface area contributed by atoms with E-state index in [0.717, 1.165) is 13.0 Å². The molecule has 8 heteroatoms. The molecule has 0 bridgehead atoms. The fraction of sp³-hybridized carbons (Fsp3) is 0.286. The van der Waals surface area contributed by atoms with Crippen LogP contribution < -0.4 is 10.6 Å². The minimum absolute atomic E-state index is 0.0710. The van der Waals surface area contributed by atoms with Crippen LogP contribution in [0.15, 0.2) is 24.4 Å². The first-order chi connectivity index (χ1) is 10.5. The molecule has 3 rings (SSSR count). The van der Waals surface area contributed by atoms with E-state index in [9.17, 15) is 9.18 Å². The minimum atomic E-state index is -0.426. The predicted octanol–water partition coefficient (Wildman–Crippen LogP) is 2.19. The summed E-state index contributed by atoms with van der Waals surface area (Å²) in [6, 6.07) is 4.28. The van der Waals surface area contributed by atoms with Crippen LogP contribution in [0.25, 0.3) is 10.6 Å². The number of carbonyl (C=O) groups is 1. The monoisotopic (exact) mass is 404 g/mol. The van der Waals surface area contributed by atoms with Crippen molar-refractivity contribution in [2.45, 2.75) is 17.4 Å². The van der Waals surface area contributed by atoms with Crippen molar-refractivity contribution in [2.75, 3.05) is 6.54 Å². The summed E-state index contributed by atoms with van der Waals surface area (Å²) < 4.78 is 13.4. The number of aromatic nitrogens is 1. The van der Waals surface area contributed by atoms with Gasteiger partial charge in [-0.15, -0.1) is 0 Å². The Balaban J connectivity index is 1.76. The topological polar surface area (TPSA) is 54.0 Å². The van der Waals surface area contributed by atoms with Crippen molar-refractivity contribution >= 4 is 44.9 Å². The average molecular weight is 404 g/mol. The van der Waals surface area contributed by atoms with Crippen LogP contribution in [0.2, 0.25) is 5.02 Å². The van der Waals surface area contributed by atoms with E-state index in [2.05, 4.69) is 31.6 Å². The maximum absolute atomic E-state index is 13.4. The van der Waals surface area contributed by atoms with E-state index in [1.807, 2.05) is 0 Å². The molecule has 0 unspecified atom stereocenters. The molecule has 0 saturated carbocycles. The third-order valence-corrected chi connectivity index (χ3v) is 5.62. The maximum atomic E-state index is 13.4. The number of benzene rings is 1. The van der Waals surface area contributed by atoms with Crippen molar-refractivity contribution in [3.8, 4) is 10.6 Å². The Kier molecular flexibility index (Phi) is 4.80. The van der Waals surface area contributed by atoms with Gasteiger partial charge in [0, 0.05) is 0 Å². The van der Waals surface area contributed by atoms with E-state index in [4.69, 9.17) is 11.6 Å². The first-order valence-electron chi connectivity index (χ1n) is 6.65. The Hall–Kier alpha value is -0.981. The number of nitrogens with one attached hydrogen (secondary N) is 2. The van der Waals surface area contributed by atoms with E-state index in [-0.39, 0.29) is 16.9 Å². The molecule has 1 radical (unpaired) electrons. The van der Waals surface area contributed by atoms with Gasteiger partial charge in [-0.1, -0.05) is 0 Å². The summed E-state index contributed by atoms with van der Waals surface area (Å²) in [5.74, 6) is -0.592. The van der Waals surface area contributed by atoms with Crippen molar-refractivity contribution in [3.05, 3.63) is 40.1 Å². The number of hydrogen-bond donors (Lipinski definition) is 2. The zero-order chi connectivity index (χ0) is 15.7. The van der Waals surface area contributed by atoms with Crippen LogP contribution >= 0.6 is 22.9 Å². The molecule has 0 aliphatic carbocycles. The fourth-order valence-corrected chi connectivity index (χ4v) is 3.96. The average Bonchev–Trinajstić information content (AvgIpc) is 3.08. The van der Waals surface area contributed by atoms with Crippen molar-refractivity contribution in [1.29, 1.82) is 0 Å². The Morgan fingerprint density at radius 1 is 1.50 bits per heavy atom. The van der Waals surface area contributed by atoms with Gasteiger partial charge in [-0.2, -0.15) is 0 Å². The number of nitrogens with zero attached hydrogens (tertiary/aromatic N) is 1. The fourth-order valence-electron chi connectivity index (χ4n) is 2.25. The molecule has 1 fully saturated rings. The molecule has 115 valence electrons. The molecule has 1 aromatic carbocycles. The molecular weight excluding hydrogens is 392 g/mol. The van der Waals surface area contributed by atoms with Crippen LogP contribution in [0, 0.1) is 5.82 Å². The summed E-state index contributed by atoms with van der Waals surface area (Å²) in [5, 5.41) is 7.07. The normalized spacial score (nSPS) is 21.0. The molecule has 2 aromatic rings. The summed E-state index contributed by atoms with van der Waals surface area (Å²) in [6.45, 7) is 0.873. The van der Waals surface area contributed by atoms with Crippen LogP contribution in [0.5, 0.6) is 0 Å². The second-order valence-electron chi connectivity index (χ2n) is 4.93. The Bertz CT molecular complexity index is 691. The van der Waals surface area contributed by atoms with Gasteiger partial charge in [0.05, 0.1) is 0 Å². The van der Waals surface area contributed by atoms with Gasteiger partial charge in [0.25, 0.3) is 0 Å². The van der Waals surface area contributed by atoms with Gasteiger partial charge in [0.2, 0.25) is 0 Å². The third-order valence-electron chi connectivity index (χ3n) is 3.32. The van der Waals surface area contributed by atoms with Gasteiger partial charge in [-0.25, -0.2) is 0 Å². The van der Waals surface area contributed by atoms with E-state index in [1.165, 1.54) is 29.7 Å². The molecule has 4 nitrogen and oxygen atoms in total. The van der Waals surface area contributed by atoms with E-state index in [1.54, 1.807) is 6.07 Å². The van der Waals surface area contributed by atoms with E-state index in [0.29, 0.717) is 20.5 Å². The number of halogens is 2. The van der Waals surface area contributed by atoms with Gasteiger partial charge in [-0.3, -0.25) is 0 Å². The summed E-state index contributed by atoms with van der Waals surface area (Å²) >= 11 is 10.1. The van der Waals surface area contributed by atoms with Gasteiger partial charge in [0.1, 0.15) is 0 Å². The summed E-state index contributed by atoms with van der Waals surface area (Å²) in [5.41, 5.74) is 0.568. The first kappa shape index (κ1) is 15.9. The Labute approximate surface area is 144 Å². The van der Waals surface area contributed by atoms with E-state index < -0.39 is 5.82 Å². The van der Waals surface area contributed by atoms with Gasteiger partial charge >= 0.3 is 144 Å². The second-order valence-corrected chi connectivity index (χ2v) is 7.46.